The Labute approximate surface area is 108 Å². The van der Waals surface area contributed by atoms with Crippen molar-refractivity contribution in [2.45, 2.75) is 39.2 Å². The summed E-state index contributed by atoms with van der Waals surface area (Å²) in [6, 6.07) is 0.483. The van der Waals surface area contributed by atoms with Crippen LogP contribution in [0.25, 0.3) is 0 Å². The molecule has 0 aliphatic carbocycles. The lowest BCUT2D eigenvalue weighted by Crippen LogP contribution is -2.37. The number of hydrogen-bond donors (Lipinski definition) is 1. The summed E-state index contributed by atoms with van der Waals surface area (Å²) in [6.07, 6.45) is 2.89. The van der Waals surface area contributed by atoms with Crippen molar-refractivity contribution in [3.8, 4) is 0 Å². The standard InChI is InChI=1S/C13H22N4O/c1-4-11-15-12(14)9(2)13(16-11)17(3)10-5-7-18-8-6-10/h10H,4-8H2,1-3H3,(H2,14,15,16). The van der Waals surface area contributed by atoms with Crippen LogP contribution in [0, 0.1) is 6.92 Å². The number of nitrogen functional groups attached to an aromatic ring is 1. The first kappa shape index (κ1) is 13.1. The Hall–Kier alpha value is -1.36. The molecule has 2 N–H and O–H groups in total. The first-order chi connectivity index (χ1) is 8.63. The van der Waals surface area contributed by atoms with Crippen LogP contribution < -0.4 is 10.6 Å². The van der Waals surface area contributed by atoms with Gasteiger partial charge >= 0.3 is 0 Å². The normalized spacial score (nSPS) is 16.8. The molecule has 0 aromatic carbocycles. The molecule has 0 unspecified atom stereocenters. The Balaban J connectivity index is 2.27. The number of anilines is 2. The summed E-state index contributed by atoms with van der Waals surface area (Å²) < 4.78 is 5.40. The Morgan fingerprint density at radius 3 is 2.61 bits per heavy atom. The fraction of sp³-hybridized carbons (Fsp3) is 0.692. The summed E-state index contributed by atoms with van der Waals surface area (Å²) in [5, 5.41) is 0. The second kappa shape index (κ2) is 5.52. The first-order valence-corrected chi connectivity index (χ1v) is 6.57. The molecule has 5 nitrogen and oxygen atoms in total. The van der Waals surface area contributed by atoms with Gasteiger partial charge in [-0.25, -0.2) is 9.97 Å². The molecule has 1 saturated heterocycles. The second-order valence-electron chi connectivity index (χ2n) is 4.78. The Bertz CT molecular complexity index is 416. The molecule has 0 radical (unpaired) electrons. The number of rotatable bonds is 3. The molecular weight excluding hydrogens is 228 g/mol. The van der Waals surface area contributed by atoms with Crippen LogP contribution in [-0.4, -0.2) is 36.3 Å². The van der Waals surface area contributed by atoms with Crippen LogP contribution in [0.15, 0.2) is 0 Å². The number of nitrogens with two attached hydrogens (primary N) is 1. The summed E-state index contributed by atoms with van der Waals surface area (Å²) in [5.41, 5.74) is 6.94. The topological polar surface area (TPSA) is 64.3 Å². The van der Waals surface area contributed by atoms with E-state index in [9.17, 15) is 0 Å². The largest absolute Gasteiger partial charge is 0.383 e. The predicted octanol–water partition coefficient (Wildman–Crippen LogP) is 1.54. The Kier molecular flexibility index (Phi) is 4.01. The van der Waals surface area contributed by atoms with Gasteiger partial charge in [0.05, 0.1) is 0 Å². The summed E-state index contributed by atoms with van der Waals surface area (Å²) in [5.74, 6) is 2.37. The molecule has 1 fully saturated rings. The van der Waals surface area contributed by atoms with Gasteiger partial charge in [-0.05, 0) is 19.8 Å². The lowest BCUT2D eigenvalue weighted by molar-refractivity contribution is 0.0853. The monoisotopic (exact) mass is 250 g/mol. The molecule has 2 heterocycles. The number of aryl methyl sites for hydroxylation is 1. The van der Waals surface area contributed by atoms with Crippen molar-refractivity contribution in [3.05, 3.63) is 11.4 Å². The first-order valence-electron chi connectivity index (χ1n) is 6.57. The van der Waals surface area contributed by atoms with Crippen molar-refractivity contribution < 1.29 is 4.74 Å². The van der Waals surface area contributed by atoms with Crippen molar-refractivity contribution in [2.75, 3.05) is 30.9 Å². The van der Waals surface area contributed by atoms with Gasteiger partial charge in [0.1, 0.15) is 17.5 Å². The summed E-state index contributed by atoms with van der Waals surface area (Å²) in [6.45, 7) is 5.69. The number of ether oxygens (including phenoxy) is 1. The van der Waals surface area contributed by atoms with Gasteiger partial charge in [-0.3, -0.25) is 0 Å². The Morgan fingerprint density at radius 2 is 2.00 bits per heavy atom. The van der Waals surface area contributed by atoms with E-state index in [1.165, 1.54) is 0 Å². The van der Waals surface area contributed by atoms with Crippen LogP contribution in [0.5, 0.6) is 0 Å². The van der Waals surface area contributed by atoms with Gasteiger partial charge in [0, 0.05) is 38.3 Å². The van der Waals surface area contributed by atoms with E-state index in [0.29, 0.717) is 11.9 Å². The maximum absolute atomic E-state index is 5.96. The van der Waals surface area contributed by atoms with E-state index >= 15 is 0 Å². The highest BCUT2D eigenvalue weighted by Gasteiger charge is 2.22. The number of aromatic nitrogens is 2. The van der Waals surface area contributed by atoms with Crippen LogP contribution >= 0.6 is 0 Å². The molecule has 0 saturated carbocycles. The molecule has 0 amide bonds. The van der Waals surface area contributed by atoms with Crippen molar-refractivity contribution >= 4 is 11.6 Å². The fourth-order valence-electron chi connectivity index (χ4n) is 2.32. The van der Waals surface area contributed by atoms with E-state index in [2.05, 4.69) is 21.9 Å². The molecule has 18 heavy (non-hydrogen) atoms. The van der Waals surface area contributed by atoms with Crippen molar-refractivity contribution in [2.24, 2.45) is 0 Å². The van der Waals surface area contributed by atoms with Crippen LogP contribution in [0.3, 0.4) is 0 Å². The number of nitrogens with zero attached hydrogens (tertiary/aromatic N) is 3. The summed E-state index contributed by atoms with van der Waals surface area (Å²) >= 11 is 0. The van der Waals surface area contributed by atoms with Gasteiger partial charge in [0.15, 0.2) is 0 Å². The summed E-state index contributed by atoms with van der Waals surface area (Å²) in [7, 11) is 2.09. The fourth-order valence-corrected chi connectivity index (χ4v) is 2.32. The van der Waals surface area contributed by atoms with Gasteiger partial charge in [0.25, 0.3) is 0 Å². The molecule has 5 heteroatoms. The summed E-state index contributed by atoms with van der Waals surface area (Å²) in [4.78, 5) is 11.1. The van der Waals surface area contributed by atoms with Crippen LogP contribution in [-0.2, 0) is 11.2 Å². The zero-order chi connectivity index (χ0) is 13.1. The van der Waals surface area contributed by atoms with Crippen molar-refractivity contribution in [1.29, 1.82) is 0 Å². The minimum atomic E-state index is 0.483. The average molecular weight is 250 g/mol. The molecule has 0 atom stereocenters. The van der Waals surface area contributed by atoms with Gasteiger partial charge < -0.3 is 15.4 Å². The minimum Gasteiger partial charge on any atom is -0.383 e. The number of hydrogen-bond acceptors (Lipinski definition) is 5. The third-order valence-corrected chi connectivity index (χ3v) is 3.59. The minimum absolute atomic E-state index is 0.483. The second-order valence-corrected chi connectivity index (χ2v) is 4.78. The SMILES string of the molecule is CCc1nc(N)c(C)c(N(C)C2CCOCC2)n1. The highest BCUT2D eigenvalue weighted by atomic mass is 16.5. The molecular formula is C13H22N4O. The molecule has 1 aliphatic heterocycles. The van der Waals surface area contributed by atoms with Crippen LogP contribution in [0.2, 0.25) is 0 Å². The zero-order valence-electron chi connectivity index (χ0n) is 11.4. The van der Waals surface area contributed by atoms with E-state index in [1.54, 1.807) is 0 Å². The van der Waals surface area contributed by atoms with Crippen molar-refractivity contribution in [3.63, 3.8) is 0 Å². The molecule has 1 aromatic rings. The van der Waals surface area contributed by atoms with E-state index in [4.69, 9.17) is 10.5 Å². The molecule has 1 aliphatic rings. The van der Waals surface area contributed by atoms with E-state index in [-0.39, 0.29) is 0 Å². The quantitative estimate of drug-likeness (QED) is 0.881. The van der Waals surface area contributed by atoms with Gasteiger partial charge in [-0.2, -0.15) is 0 Å². The van der Waals surface area contributed by atoms with E-state index in [0.717, 1.165) is 49.7 Å². The zero-order valence-corrected chi connectivity index (χ0v) is 11.4. The van der Waals surface area contributed by atoms with Crippen LogP contribution in [0.1, 0.15) is 31.2 Å². The van der Waals surface area contributed by atoms with Gasteiger partial charge in [0.2, 0.25) is 0 Å². The maximum atomic E-state index is 5.96. The lowest BCUT2D eigenvalue weighted by atomic mass is 10.1. The molecule has 0 bridgehead atoms. The van der Waals surface area contributed by atoms with E-state index < -0.39 is 0 Å². The van der Waals surface area contributed by atoms with Crippen LogP contribution in [0.4, 0.5) is 11.6 Å². The highest BCUT2D eigenvalue weighted by molar-refractivity contribution is 5.56. The van der Waals surface area contributed by atoms with E-state index in [1.807, 2.05) is 13.8 Å². The average Bonchev–Trinajstić information content (AvgIpc) is 2.42. The molecule has 2 rings (SSSR count). The lowest BCUT2D eigenvalue weighted by Gasteiger charge is -2.33. The van der Waals surface area contributed by atoms with Crippen molar-refractivity contribution in [1.82, 2.24) is 9.97 Å². The Morgan fingerprint density at radius 1 is 1.33 bits per heavy atom. The van der Waals surface area contributed by atoms with Gasteiger partial charge in [-0.15, -0.1) is 0 Å². The molecule has 0 spiro atoms. The van der Waals surface area contributed by atoms with Gasteiger partial charge in [-0.1, -0.05) is 6.92 Å². The maximum Gasteiger partial charge on any atom is 0.137 e. The predicted molar refractivity (Wildman–Crippen MR) is 72.8 cm³/mol. The molecule has 100 valence electrons. The molecule has 1 aromatic heterocycles. The highest BCUT2D eigenvalue weighted by Crippen LogP contribution is 2.25. The third kappa shape index (κ3) is 2.56. The smallest absolute Gasteiger partial charge is 0.137 e. The third-order valence-electron chi connectivity index (χ3n) is 3.59.